The molecule has 0 bridgehead atoms. The third-order valence-corrected chi connectivity index (χ3v) is 4.46. The monoisotopic (exact) mass is 363 g/mol. The number of fused-ring (bicyclic) bond motifs is 1. The SMILES string of the molecule is COc1cccc(-c2nc3ccccn3c2NCc2cccc(Cl)c2)c1. The fourth-order valence-corrected chi connectivity index (χ4v) is 3.18. The Labute approximate surface area is 157 Å². The van der Waals surface area contributed by atoms with E-state index in [4.69, 9.17) is 21.3 Å². The number of halogens is 1. The highest BCUT2D eigenvalue weighted by Crippen LogP contribution is 2.31. The summed E-state index contributed by atoms with van der Waals surface area (Å²) in [5.41, 5.74) is 3.89. The summed E-state index contributed by atoms with van der Waals surface area (Å²) in [5, 5.41) is 4.25. The molecule has 4 aromatic rings. The molecule has 0 spiro atoms. The van der Waals surface area contributed by atoms with Crippen LogP contribution >= 0.6 is 11.6 Å². The maximum atomic E-state index is 6.10. The number of hydrogen-bond acceptors (Lipinski definition) is 3. The average Bonchev–Trinajstić information content (AvgIpc) is 3.05. The van der Waals surface area contributed by atoms with Crippen molar-refractivity contribution < 1.29 is 4.74 Å². The van der Waals surface area contributed by atoms with Gasteiger partial charge in [-0.05, 0) is 42.0 Å². The number of imidazole rings is 1. The van der Waals surface area contributed by atoms with E-state index in [-0.39, 0.29) is 0 Å². The quantitative estimate of drug-likeness (QED) is 0.524. The van der Waals surface area contributed by atoms with E-state index >= 15 is 0 Å². The topological polar surface area (TPSA) is 38.6 Å². The molecule has 4 nitrogen and oxygen atoms in total. The second kappa shape index (κ2) is 7.10. The smallest absolute Gasteiger partial charge is 0.139 e. The van der Waals surface area contributed by atoms with Crippen LogP contribution in [0.4, 0.5) is 5.82 Å². The highest BCUT2D eigenvalue weighted by molar-refractivity contribution is 6.30. The van der Waals surface area contributed by atoms with E-state index in [1.54, 1.807) is 7.11 Å². The first kappa shape index (κ1) is 16.5. The van der Waals surface area contributed by atoms with Crippen molar-refractivity contribution in [1.82, 2.24) is 9.38 Å². The summed E-state index contributed by atoms with van der Waals surface area (Å²) >= 11 is 6.10. The predicted octanol–water partition coefficient (Wildman–Crippen LogP) is 5.28. The van der Waals surface area contributed by atoms with Gasteiger partial charge in [0.2, 0.25) is 0 Å². The van der Waals surface area contributed by atoms with Crippen LogP contribution in [0.15, 0.2) is 72.9 Å². The van der Waals surface area contributed by atoms with Crippen LogP contribution in [0.25, 0.3) is 16.9 Å². The highest BCUT2D eigenvalue weighted by Gasteiger charge is 2.14. The van der Waals surface area contributed by atoms with Crippen molar-refractivity contribution in [1.29, 1.82) is 0 Å². The highest BCUT2D eigenvalue weighted by atomic mass is 35.5. The van der Waals surface area contributed by atoms with Gasteiger partial charge < -0.3 is 10.1 Å². The summed E-state index contributed by atoms with van der Waals surface area (Å²) in [7, 11) is 1.67. The van der Waals surface area contributed by atoms with E-state index in [0.29, 0.717) is 6.54 Å². The molecular weight excluding hydrogens is 346 g/mol. The zero-order chi connectivity index (χ0) is 17.9. The van der Waals surface area contributed by atoms with Gasteiger partial charge >= 0.3 is 0 Å². The van der Waals surface area contributed by atoms with Gasteiger partial charge in [-0.2, -0.15) is 0 Å². The molecule has 2 aromatic carbocycles. The zero-order valence-electron chi connectivity index (χ0n) is 14.3. The van der Waals surface area contributed by atoms with Crippen molar-refractivity contribution in [2.24, 2.45) is 0 Å². The maximum absolute atomic E-state index is 6.10. The molecule has 0 saturated carbocycles. The van der Waals surface area contributed by atoms with E-state index < -0.39 is 0 Å². The maximum Gasteiger partial charge on any atom is 0.139 e. The lowest BCUT2D eigenvalue weighted by Gasteiger charge is -2.10. The van der Waals surface area contributed by atoms with Gasteiger partial charge in [0.1, 0.15) is 22.9 Å². The molecule has 0 aliphatic rings. The Morgan fingerprint density at radius 3 is 2.77 bits per heavy atom. The van der Waals surface area contributed by atoms with Crippen molar-refractivity contribution in [2.45, 2.75) is 6.54 Å². The number of pyridine rings is 1. The van der Waals surface area contributed by atoms with Gasteiger partial charge in [-0.3, -0.25) is 4.40 Å². The molecule has 0 atom stereocenters. The van der Waals surface area contributed by atoms with Crippen molar-refractivity contribution in [3.05, 3.63) is 83.5 Å². The van der Waals surface area contributed by atoms with E-state index in [9.17, 15) is 0 Å². The minimum absolute atomic E-state index is 0.653. The number of methoxy groups -OCH3 is 1. The van der Waals surface area contributed by atoms with Crippen molar-refractivity contribution >= 4 is 23.1 Å². The summed E-state index contributed by atoms with van der Waals surface area (Å²) in [6.07, 6.45) is 2.01. The Morgan fingerprint density at radius 1 is 1.04 bits per heavy atom. The molecule has 0 aliphatic carbocycles. The van der Waals surface area contributed by atoms with Crippen molar-refractivity contribution in [2.75, 3.05) is 12.4 Å². The van der Waals surface area contributed by atoms with E-state index in [0.717, 1.165) is 39.1 Å². The molecule has 0 radical (unpaired) electrons. The molecular formula is C21H18ClN3O. The number of hydrogen-bond donors (Lipinski definition) is 1. The predicted molar refractivity (Wildman–Crippen MR) is 106 cm³/mol. The van der Waals surface area contributed by atoms with Crippen molar-refractivity contribution in [3.8, 4) is 17.0 Å². The number of benzene rings is 2. The second-order valence-corrected chi connectivity index (χ2v) is 6.39. The zero-order valence-corrected chi connectivity index (χ0v) is 15.1. The van der Waals surface area contributed by atoms with E-state index in [1.807, 2.05) is 72.9 Å². The van der Waals surface area contributed by atoms with E-state index in [2.05, 4.69) is 9.72 Å². The van der Waals surface area contributed by atoms with E-state index in [1.165, 1.54) is 0 Å². The number of aromatic nitrogens is 2. The summed E-state index contributed by atoms with van der Waals surface area (Å²) in [6.45, 7) is 0.653. The first-order valence-corrected chi connectivity index (χ1v) is 8.72. The molecule has 5 heteroatoms. The Bertz CT molecular complexity index is 1060. The fraction of sp³-hybridized carbons (Fsp3) is 0.0952. The van der Waals surface area contributed by atoms with Crippen LogP contribution in [0.3, 0.4) is 0 Å². The summed E-state index contributed by atoms with van der Waals surface area (Å²) in [5.74, 6) is 1.74. The van der Waals surface area contributed by atoms with Crippen LogP contribution in [0.2, 0.25) is 5.02 Å². The van der Waals surface area contributed by atoms with Crippen LogP contribution in [0.1, 0.15) is 5.56 Å². The lowest BCUT2D eigenvalue weighted by atomic mass is 10.1. The lowest BCUT2D eigenvalue weighted by molar-refractivity contribution is 0.415. The Hall–Kier alpha value is -2.98. The fourth-order valence-electron chi connectivity index (χ4n) is 2.97. The first-order valence-electron chi connectivity index (χ1n) is 8.34. The molecule has 0 saturated heterocycles. The molecule has 2 aromatic heterocycles. The van der Waals surface area contributed by atoms with Crippen LogP contribution in [0, 0.1) is 0 Å². The Kier molecular flexibility index (Phi) is 4.50. The second-order valence-electron chi connectivity index (χ2n) is 5.95. The summed E-state index contributed by atoms with van der Waals surface area (Å²) in [4.78, 5) is 4.81. The molecule has 1 N–H and O–H groups in total. The lowest BCUT2D eigenvalue weighted by Crippen LogP contribution is -2.03. The first-order chi connectivity index (χ1) is 12.7. The van der Waals surface area contributed by atoms with Crippen LogP contribution in [-0.2, 0) is 6.54 Å². The number of anilines is 1. The Morgan fingerprint density at radius 2 is 1.92 bits per heavy atom. The minimum atomic E-state index is 0.653. The van der Waals surface area contributed by atoms with Gasteiger partial charge in [-0.25, -0.2) is 4.98 Å². The van der Waals surface area contributed by atoms with Gasteiger partial charge in [0, 0.05) is 23.3 Å². The Balaban J connectivity index is 1.76. The number of rotatable bonds is 5. The van der Waals surface area contributed by atoms with Gasteiger partial charge in [-0.1, -0.05) is 41.9 Å². The molecule has 130 valence electrons. The van der Waals surface area contributed by atoms with Gasteiger partial charge in [0.15, 0.2) is 0 Å². The molecule has 0 amide bonds. The number of nitrogens with one attached hydrogen (secondary N) is 1. The third-order valence-electron chi connectivity index (χ3n) is 4.22. The van der Waals surface area contributed by atoms with Gasteiger partial charge in [0.05, 0.1) is 7.11 Å². The molecule has 4 rings (SSSR count). The van der Waals surface area contributed by atoms with Crippen LogP contribution < -0.4 is 10.1 Å². The average molecular weight is 364 g/mol. The van der Waals surface area contributed by atoms with Gasteiger partial charge in [0.25, 0.3) is 0 Å². The van der Waals surface area contributed by atoms with Gasteiger partial charge in [-0.15, -0.1) is 0 Å². The third kappa shape index (κ3) is 3.24. The standard InChI is InChI=1S/C21H18ClN3O/c1-26-18-9-5-7-16(13-18)20-21(25-11-3-2-10-19(25)24-20)23-14-15-6-4-8-17(22)12-15/h2-13,23H,14H2,1H3. The minimum Gasteiger partial charge on any atom is -0.497 e. The molecule has 0 unspecified atom stereocenters. The number of ether oxygens (including phenoxy) is 1. The molecule has 26 heavy (non-hydrogen) atoms. The van der Waals surface area contributed by atoms with Crippen LogP contribution in [0.5, 0.6) is 5.75 Å². The largest absolute Gasteiger partial charge is 0.497 e. The molecule has 0 fully saturated rings. The van der Waals surface area contributed by atoms with Crippen LogP contribution in [-0.4, -0.2) is 16.5 Å². The molecule has 2 heterocycles. The van der Waals surface area contributed by atoms with Crippen molar-refractivity contribution in [3.63, 3.8) is 0 Å². The number of nitrogens with zero attached hydrogens (tertiary/aromatic N) is 2. The normalized spacial score (nSPS) is 10.8. The molecule has 0 aliphatic heterocycles. The summed E-state index contributed by atoms with van der Waals surface area (Å²) in [6, 6.07) is 21.7. The summed E-state index contributed by atoms with van der Waals surface area (Å²) < 4.78 is 7.42.